The third-order valence-corrected chi connectivity index (χ3v) is 3.70. The highest BCUT2D eigenvalue weighted by Crippen LogP contribution is 2.21. The number of piperazine rings is 1. The number of anilines is 1. The number of β-amino-alcohol motifs (C(OH)–C–C–N with tert-alkyl or cyclic N) is 1. The van der Waals surface area contributed by atoms with Crippen molar-refractivity contribution >= 4 is 5.69 Å². The summed E-state index contributed by atoms with van der Waals surface area (Å²) in [4.78, 5) is 4.74. The van der Waals surface area contributed by atoms with Crippen LogP contribution in [-0.2, 0) is 0 Å². The van der Waals surface area contributed by atoms with Crippen LogP contribution in [0.5, 0.6) is 0 Å². The minimum Gasteiger partial charge on any atom is -0.398 e. The number of aliphatic hydroxyl groups excluding tert-OH is 1. The first-order valence-electron chi connectivity index (χ1n) is 6.68. The molecule has 0 saturated carbocycles. The molecule has 0 amide bonds. The first-order valence-corrected chi connectivity index (χ1v) is 6.68. The van der Waals surface area contributed by atoms with Gasteiger partial charge in [0.15, 0.2) is 0 Å². The van der Waals surface area contributed by atoms with Crippen LogP contribution in [0.1, 0.15) is 18.6 Å². The zero-order valence-electron chi connectivity index (χ0n) is 11.0. The maximum atomic E-state index is 10.2. The van der Waals surface area contributed by atoms with Crippen LogP contribution in [0.15, 0.2) is 24.3 Å². The molecule has 1 saturated heterocycles. The van der Waals surface area contributed by atoms with E-state index in [-0.39, 0.29) is 0 Å². The fourth-order valence-electron chi connectivity index (χ4n) is 2.45. The number of hydrogen-bond donors (Lipinski definition) is 2. The summed E-state index contributed by atoms with van der Waals surface area (Å²) in [5.41, 5.74) is 7.40. The van der Waals surface area contributed by atoms with Gasteiger partial charge in [0, 0.05) is 44.0 Å². The highest BCUT2D eigenvalue weighted by molar-refractivity contribution is 5.47. The normalized spacial score (nSPS) is 19.9. The number of nitrogen functional groups attached to an aromatic ring is 1. The number of aliphatic hydroxyl groups is 1. The average molecular weight is 249 g/mol. The lowest BCUT2D eigenvalue weighted by molar-refractivity contribution is 0.0747. The standard InChI is InChI=1S/C14H23N3O/c1-2-16-7-9-17(10-8-16)11-14(18)12-5-3-4-6-13(12)15/h3-6,14,18H,2,7-11,15H2,1H3. The zero-order chi connectivity index (χ0) is 13.0. The highest BCUT2D eigenvalue weighted by atomic mass is 16.3. The van der Waals surface area contributed by atoms with Crippen molar-refractivity contribution in [3.8, 4) is 0 Å². The van der Waals surface area contributed by atoms with Crippen LogP contribution < -0.4 is 5.73 Å². The highest BCUT2D eigenvalue weighted by Gasteiger charge is 2.19. The number of likely N-dealkylation sites (N-methyl/N-ethyl adjacent to an activating group) is 1. The molecular formula is C14H23N3O. The summed E-state index contributed by atoms with van der Waals surface area (Å²) in [5.74, 6) is 0. The van der Waals surface area contributed by atoms with E-state index in [1.54, 1.807) is 0 Å². The Morgan fingerprint density at radius 2 is 1.78 bits per heavy atom. The molecule has 1 aromatic rings. The van der Waals surface area contributed by atoms with E-state index in [1.165, 1.54) is 0 Å². The maximum Gasteiger partial charge on any atom is 0.0936 e. The fraction of sp³-hybridized carbons (Fsp3) is 0.571. The third kappa shape index (κ3) is 3.22. The molecule has 1 unspecified atom stereocenters. The number of nitrogens with zero attached hydrogens (tertiary/aromatic N) is 2. The van der Waals surface area contributed by atoms with Gasteiger partial charge in [0.1, 0.15) is 0 Å². The predicted molar refractivity (Wildman–Crippen MR) is 74.4 cm³/mol. The predicted octanol–water partition coefficient (Wildman–Crippen LogP) is 0.940. The van der Waals surface area contributed by atoms with Gasteiger partial charge in [-0.15, -0.1) is 0 Å². The lowest BCUT2D eigenvalue weighted by atomic mass is 10.1. The molecule has 1 fully saturated rings. The SMILES string of the molecule is CCN1CCN(CC(O)c2ccccc2N)CC1. The Labute approximate surface area is 109 Å². The van der Waals surface area contributed by atoms with E-state index in [9.17, 15) is 5.11 Å². The Morgan fingerprint density at radius 1 is 1.17 bits per heavy atom. The molecule has 4 heteroatoms. The van der Waals surface area contributed by atoms with Gasteiger partial charge in [-0.3, -0.25) is 4.90 Å². The molecule has 0 radical (unpaired) electrons. The molecule has 1 aliphatic heterocycles. The van der Waals surface area contributed by atoms with Gasteiger partial charge in [-0.25, -0.2) is 0 Å². The van der Waals surface area contributed by atoms with Crippen LogP contribution in [0.4, 0.5) is 5.69 Å². The molecular weight excluding hydrogens is 226 g/mol. The van der Waals surface area contributed by atoms with E-state index < -0.39 is 6.10 Å². The molecule has 1 aromatic carbocycles. The summed E-state index contributed by atoms with van der Waals surface area (Å²) in [7, 11) is 0. The molecule has 0 aromatic heterocycles. The Balaban J connectivity index is 1.89. The van der Waals surface area contributed by atoms with Gasteiger partial charge in [-0.05, 0) is 12.6 Å². The maximum absolute atomic E-state index is 10.2. The van der Waals surface area contributed by atoms with E-state index in [0.29, 0.717) is 12.2 Å². The Bertz CT molecular complexity index is 375. The molecule has 1 heterocycles. The van der Waals surface area contributed by atoms with Gasteiger partial charge >= 0.3 is 0 Å². The van der Waals surface area contributed by atoms with Crippen molar-refractivity contribution in [3.05, 3.63) is 29.8 Å². The lowest BCUT2D eigenvalue weighted by Crippen LogP contribution is -2.47. The lowest BCUT2D eigenvalue weighted by Gasteiger charge is -2.35. The Morgan fingerprint density at radius 3 is 2.39 bits per heavy atom. The summed E-state index contributed by atoms with van der Waals surface area (Å²) >= 11 is 0. The zero-order valence-corrected chi connectivity index (χ0v) is 11.0. The molecule has 1 aliphatic rings. The minimum atomic E-state index is -0.487. The molecule has 2 rings (SSSR count). The van der Waals surface area contributed by atoms with Gasteiger partial charge in [0.25, 0.3) is 0 Å². The quantitative estimate of drug-likeness (QED) is 0.780. The van der Waals surface area contributed by atoms with Gasteiger partial charge in [-0.1, -0.05) is 25.1 Å². The molecule has 100 valence electrons. The summed E-state index contributed by atoms with van der Waals surface area (Å²) < 4.78 is 0. The van der Waals surface area contributed by atoms with Crippen molar-refractivity contribution < 1.29 is 5.11 Å². The second kappa shape index (κ2) is 6.18. The Kier molecular flexibility index (Phi) is 4.58. The van der Waals surface area contributed by atoms with Crippen molar-refractivity contribution in [3.63, 3.8) is 0 Å². The molecule has 4 nitrogen and oxygen atoms in total. The number of hydrogen-bond acceptors (Lipinski definition) is 4. The Hall–Kier alpha value is -1.10. The average Bonchev–Trinajstić information content (AvgIpc) is 2.40. The summed E-state index contributed by atoms with van der Waals surface area (Å²) in [6.07, 6.45) is -0.487. The molecule has 1 atom stereocenters. The van der Waals surface area contributed by atoms with Crippen molar-refractivity contribution in [1.29, 1.82) is 0 Å². The van der Waals surface area contributed by atoms with Crippen LogP contribution in [0.2, 0.25) is 0 Å². The van der Waals surface area contributed by atoms with Crippen molar-refractivity contribution in [1.82, 2.24) is 9.80 Å². The first kappa shape index (κ1) is 13.3. The molecule has 3 N–H and O–H groups in total. The van der Waals surface area contributed by atoms with Gasteiger partial charge in [0.05, 0.1) is 6.10 Å². The van der Waals surface area contributed by atoms with Crippen LogP contribution in [-0.4, -0.2) is 54.2 Å². The third-order valence-electron chi connectivity index (χ3n) is 3.70. The van der Waals surface area contributed by atoms with Crippen LogP contribution in [0.3, 0.4) is 0 Å². The van der Waals surface area contributed by atoms with Crippen molar-refractivity contribution in [2.75, 3.05) is 45.0 Å². The van der Waals surface area contributed by atoms with E-state index in [2.05, 4.69) is 16.7 Å². The fourth-order valence-corrected chi connectivity index (χ4v) is 2.45. The summed E-state index contributed by atoms with van der Waals surface area (Å²) in [6, 6.07) is 7.56. The van der Waals surface area contributed by atoms with Crippen molar-refractivity contribution in [2.45, 2.75) is 13.0 Å². The van der Waals surface area contributed by atoms with Crippen LogP contribution >= 0.6 is 0 Å². The largest absolute Gasteiger partial charge is 0.398 e. The van der Waals surface area contributed by atoms with Gasteiger partial charge in [-0.2, -0.15) is 0 Å². The molecule has 18 heavy (non-hydrogen) atoms. The van der Waals surface area contributed by atoms with E-state index in [0.717, 1.165) is 38.3 Å². The summed E-state index contributed by atoms with van der Waals surface area (Å²) in [5, 5.41) is 10.2. The van der Waals surface area contributed by atoms with E-state index in [4.69, 9.17) is 5.73 Å². The number of rotatable bonds is 4. The number of para-hydroxylation sites is 1. The van der Waals surface area contributed by atoms with Crippen molar-refractivity contribution in [2.24, 2.45) is 0 Å². The van der Waals surface area contributed by atoms with E-state index in [1.807, 2.05) is 24.3 Å². The minimum absolute atomic E-state index is 0.487. The smallest absolute Gasteiger partial charge is 0.0936 e. The number of nitrogens with two attached hydrogens (primary N) is 1. The molecule has 0 bridgehead atoms. The number of benzene rings is 1. The van der Waals surface area contributed by atoms with Gasteiger partial charge < -0.3 is 15.7 Å². The van der Waals surface area contributed by atoms with Gasteiger partial charge in [0.2, 0.25) is 0 Å². The molecule has 0 spiro atoms. The van der Waals surface area contributed by atoms with E-state index >= 15 is 0 Å². The summed E-state index contributed by atoms with van der Waals surface area (Å²) in [6.45, 7) is 8.21. The second-order valence-electron chi connectivity index (χ2n) is 4.88. The van der Waals surface area contributed by atoms with Crippen LogP contribution in [0.25, 0.3) is 0 Å². The topological polar surface area (TPSA) is 52.7 Å². The van der Waals surface area contributed by atoms with Crippen LogP contribution in [0, 0.1) is 0 Å². The monoisotopic (exact) mass is 249 g/mol. The first-order chi connectivity index (χ1) is 8.70. The molecule has 0 aliphatic carbocycles. The second-order valence-corrected chi connectivity index (χ2v) is 4.88.